The number of amides is 1. The monoisotopic (exact) mass is 393 g/mol. The number of nitrogens with zero attached hydrogens (tertiary/aromatic N) is 2. The Hall–Kier alpha value is -3.06. The fraction of sp³-hybridized carbons (Fsp3) is 0.238. The van der Waals surface area contributed by atoms with E-state index < -0.39 is 5.97 Å². The summed E-state index contributed by atoms with van der Waals surface area (Å²) in [5.41, 5.74) is 2.71. The molecular formula is C21H19N3O3S. The quantitative estimate of drug-likeness (QED) is 0.674. The molecule has 0 fully saturated rings. The van der Waals surface area contributed by atoms with Crippen LogP contribution in [0.4, 0.5) is 5.00 Å². The molecular weight excluding hydrogens is 374 g/mol. The molecule has 28 heavy (non-hydrogen) atoms. The van der Waals surface area contributed by atoms with Crippen molar-refractivity contribution < 1.29 is 14.3 Å². The number of hydrogen-bond acceptors (Lipinski definition) is 6. The molecule has 1 amide bonds. The van der Waals surface area contributed by atoms with E-state index in [0.29, 0.717) is 22.0 Å². The Bertz CT molecular complexity index is 1010. The number of hydrogen-bond donors (Lipinski definition) is 1. The van der Waals surface area contributed by atoms with Crippen LogP contribution in [0.1, 0.15) is 44.0 Å². The lowest BCUT2D eigenvalue weighted by molar-refractivity contribution is 0.0601. The van der Waals surface area contributed by atoms with Crippen molar-refractivity contribution in [3.8, 4) is 11.4 Å². The summed E-state index contributed by atoms with van der Waals surface area (Å²) in [6.07, 6.45) is 6.88. The highest BCUT2D eigenvalue weighted by Gasteiger charge is 2.27. The molecule has 1 aromatic carbocycles. The molecule has 4 rings (SSSR count). The Labute approximate surface area is 166 Å². The second kappa shape index (κ2) is 7.90. The third kappa shape index (κ3) is 3.53. The predicted molar refractivity (Wildman–Crippen MR) is 108 cm³/mol. The third-order valence-electron chi connectivity index (χ3n) is 4.73. The first-order chi connectivity index (χ1) is 13.7. The van der Waals surface area contributed by atoms with E-state index in [1.807, 2.05) is 30.3 Å². The van der Waals surface area contributed by atoms with Crippen LogP contribution in [0.15, 0.2) is 42.7 Å². The van der Waals surface area contributed by atoms with Crippen LogP contribution in [0.25, 0.3) is 11.4 Å². The maximum absolute atomic E-state index is 12.7. The first kappa shape index (κ1) is 18.3. The van der Waals surface area contributed by atoms with Crippen LogP contribution in [0.3, 0.4) is 0 Å². The summed E-state index contributed by atoms with van der Waals surface area (Å²) < 4.78 is 4.95. The number of benzene rings is 1. The van der Waals surface area contributed by atoms with Gasteiger partial charge in [0.2, 0.25) is 0 Å². The number of ether oxygens (including phenoxy) is 1. The smallest absolute Gasteiger partial charge is 0.341 e. The van der Waals surface area contributed by atoms with Gasteiger partial charge in [-0.15, -0.1) is 11.3 Å². The molecule has 0 aliphatic heterocycles. The molecule has 142 valence electrons. The van der Waals surface area contributed by atoms with Crippen LogP contribution in [0.2, 0.25) is 0 Å². The van der Waals surface area contributed by atoms with Gasteiger partial charge in [0.1, 0.15) is 5.00 Å². The van der Waals surface area contributed by atoms with Crippen molar-refractivity contribution >= 4 is 28.2 Å². The predicted octanol–water partition coefficient (Wildman–Crippen LogP) is 4.12. The van der Waals surface area contributed by atoms with Gasteiger partial charge in [-0.25, -0.2) is 14.8 Å². The largest absolute Gasteiger partial charge is 0.465 e. The second-order valence-corrected chi connectivity index (χ2v) is 7.63. The zero-order chi connectivity index (χ0) is 19.5. The minimum Gasteiger partial charge on any atom is -0.465 e. The van der Waals surface area contributed by atoms with Crippen molar-refractivity contribution in [2.24, 2.45) is 0 Å². The molecule has 0 saturated heterocycles. The second-order valence-electron chi connectivity index (χ2n) is 6.52. The van der Waals surface area contributed by atoms with Crippen molar-refractivity contribution in [1.82, 2.24) is 9.97 Å². The minimum absolute atomic E-state index is 0.335. The number of carbonyl (C=O) groups excluding carboxylic acids is 2. The number of rotatable bonds is 4. The van der Waals surface area contributed by atoms with Crippen LogP contribution in [-0.2, 0) is 17.6 Å². The summed E-state index contributed by atoms with van der Waals surface area (Å²) in [5, 5.41) is 3.40. The number of nitrogens with one attached hydrogen (secondary N) is 1. The number of carbonyl (C=O) groups is 2. The lowest BCUT2D eigenvalue weighted by Gasteiger charge is -2.11. The number of aromatic nitrogens is 2. The Kier molecular flexibility index (Phi) is 5.16. The average molecular weight is 393 g/mol. The molecule has 2 heterocycles. The molecule has 3 aromatic rings. The molecule has 0 radical (unpaired) electrons. The van der Waals surface area contributed by atoms with Crippen LogP contribution in [0, 0.1) is 0 Å². The zero-order valence-corrected chi connectivity index (χ0v) is 16.2. The summed E-state index contributed by atoms with van der Waals surface area (Å²) in [6, 6.07) is 9.56. The van der Waals surface area contributed by atoms with Gasteiger partial charge in [-0.2, -0.15) is 0 Å². The van der Waals surface area contributed by atoms with E-state index in [4.69, 9.17) is 4.74 Å². The van der Waals surface area contributed by atoms with E-state index in [1.165, 1.54) is 30.8 Å². The molecule has 2 aromatic heterocycles. The van der Waals surface area contributed by atoms with Crippen LogP contribution < -0.4 is 5.32 Å². The third-order valence-corrected chi connectivity index (χ3v) is 5.94. The summed E-state index contributed by atoms with van der Waals surface area (Å²) in [5.74, 6) is -0.201. The Morgan fingerprint density at radius 1 is 1.07 bits per heavy atom. The van der Waals surface area contributed by atoms with Crippen molar-refractivity contribution in [2.45, 2.75) is 25.7 Å². The maximum atomic E-state index is 12.7. The minimum atomic E-state index is -0.412. The summed E-state index contributed by atoms with van der Waals surface area (Å²) in [6.45, 7) is 0. The summed E-state index contributed by atoms with van der Waals surface area (Å²) >= 11 is 1.46. The first-order valence-electron chi connectivity index (χ1n) is 9.09. The lowest BCUT2D eigenvalue weighted by atomic mass is 9.95. The number of esters is 1. The van der Waals surface area contributed by atoms with Gasteiger partial charge in [-0.3, -0.25) is 4.79 Å². The summed E-state index contributed by atoms with van der Waals surface area (Å²) in [7, 11) is 1.36. The van der Waals surface area contributed by atoms with Gasteiger partial charge in [0.15, 0.2) is 5.82 Å². The van der Waals surface area contributed by atoms with Gasteiger partial charge in [0, 0.05) is 22.8 Å². The van der Waals surface area contributed by atoms with E-state index >= 15 is 0 Å². The van der Waals surface area contributed by atoms with E-state index in [-0.39, 0.29) is 5.91 Å². The highest BCUT2D eigenvalue weighted by atomic mass is 32.1. The zero-order valence-electron chi connectivity index (χ0n) is 15.4. The van der Waals surface area contributed by atoms with E-state index in [2.05, 4.69) is 15.3 Å². The SMILES string of the molecule is COC(=O)c1c(NC(=O)c2cnc(-c3ccccc3)nc2)sc2c1CCCC2. The molecule has 1 aliphatic carbocycles. The van der Waals surface area contributed by atoms with Gasteiger partial charge in [-0.05, 0) is 31.2 Å². The van der Waals surface area contributed by atoms with Crippen LogP contribution in [0.5, 0.6) is 0 Å². The van der Waals surface area contributed by atoms with E-state index in [9.17, 15) is 9.59 Å². The van der Waals surface area contributed by atoms with Crippen molar-refractivity contribution in [2.75, 3.05) is 12.4 Å². The van der Waals surface area contributed by atoms with Crippen LogP contribution in [-0.4, -0.2) is 29.0 Å². The molecule has 7 heteroatoms. The normalized spacial score (nSPS) is 12.9. The van der Waals surface area contributed by atoms with Crippen molar-refractivity contribution in [1.29, 1.82) is 0 Å². The summed E-state index contributed by atoms with van der Waals surface area (Å²) in [4.78, 5) is 34.7. The Morgan fingerprint density at radius 2 is 1.79 bits per heavy atom. The number of fused-ring (bicyclic) bond motifs is 1. The van der Waals surface area contributed by atoms with E-state index in [0.717, 1.165) is 41.7 Å². The molecule has 0 saturated carbocycles. The molecule has 6 nitrogen and oxygen atoms in total. The fourth-order valence-corrected chi connectivity index (χ4v) is 4.60. The van der Waals surface area contributed by atoms with Gasteiger partial charge in [0.25, 0.3) is 5.91 Å². The highest BCUT2D eigenvalue weighted by Crippen LogP contribution is 2.38. The average Bonchev–Trinajstić information content (AvgIpc) is 3.11. The number of methoxy groups -OCH3 is 1. The highest BCUT2D eigenvalue weighted by molar-refractivity contribution is 7.17. The molecule has 1 N–H and O–H groups in total. The molecule has 0 atom stereocenters. The lowest BCUT2D eigenvalue weighted by Crippen LogP contribution is -2.15. The number of thiophene rings is 1. The fourth-order valence-electron chi connectivity index (χ4n) is 3.33. The van der Waals surface area contributed by atoms with Crippen molar-refractivity contribution in [3.63, 3.8) is 0 Å². The standard InChI is InChI=1S/C21H19N3O3S/c1-27-21(26)17-15-9-5-6-10-16(15)28-20(17)24-19(25)14-11-22-18(23-12-14)13-7-3-2-4-8-13/h2-4,7-8,11-12H,5-6,9-10H2,1H3,(H,24,25). The Morgan fingerprint density at radius 3 is 2.50 bits per heavy atom. The van der Waals surface area contributed by atoms with Crippen LogP contribution >= 0.6 is 11.3 Å². The van der Waals surface area contributed by atoms with Gasteiger partial charge >= 0.3 is 5.97 Å². The van der Waals surface area contributed by atoms with Gasteiger partial charge in [0.05, 0.1) is 18.2 Å². The number of aryl methyl sites for hydroxylation is 1. The maximum Gasteiger partial charge on any atom is 0.341 e. The van der Waals surface area contributed by atoms with Crippen molar-refractivity contribution in [3.05, 3.63) is 64.3 Å². The molecule has 0 spiro atoms. The topological polar surface area (TPSA) is 81.2 Å². The first-order valence-corrected chi connectivity index (χ1v) is 9.90. The van der Waals surface area contributed by atoms with Gasteiger partial charge in [-0.1, -0.05) is 30.3 Å². The molecule has 0 bridgehead atoms. The molecule has 0 unspecified atom stereocenters. The van der Waals surface area contributed by atoms with E-state index in [1.54, 1.807) is 0 Å². The van der Waals surface area contributed by atoms with Gasteiger partial charge < -0.3 is 10.1 Å². The Balaban J connectivity index is 1.58. The molecule has 1 aliphatic rings. The number of anilines is 1.